The van der Waals surface area contributed by atoms with E-state index in [9.17, 15) is 8.42 Å². The summed E-state index contributed by atoms with van der Waals surface area (Å²) in [6.07, 6.45) is 0.833. The Hall–Kier alpha value is -1.38. The van der Waals surface area contributed by atoms with Crippen LogP contribution in [0.2, 0.25) is 9.36 Å². The van der Waals surface area contributed by atoms with Crippen LogP contribution in [0.25, 0.3) is 0 Å². The highest BCUT2D eigenvalue weighted by atomic mass is 79.9. The first-order valence-corrected chi connectivity index (χ1v) is 12.1. The molecule has 1 aromatic heterocycles. The summed E-state index contributed by atoms with van der Waals surface area (Å²) in [7, 11) is -3.73. The fourth-order valence-corrected chi connectivity index (χ4v) is 6.56. The number of aliphatic imine (C=N–C) groups is 1. The molecule has 0 atom stereocenters. The number of thiophene rings is 1. The van der Waals surface area contributed by atoms with Crippen LogP contribution in [0.4, 0.5) is 5.69 Å². The number of halogens is 3. The number of sulfonamides is 1. The number of hydrogen-bond donors (Lipinski definition) is 1. The van der Waals surface area contributed by atoms with Crippen LogP contribution in [0.3, 0.4) is 0 Å². The van der Waals surface area contributed by atoms with Crippen LogP contribution >= 0.6 is 50.5 Å². The Morgan fingerprint density at radius 2 is 1.93 bits per heavy atom. The second-order valence-corrected chi connectivity index (χ2v) is 11.0. The SMILES string of the molecule is O=S(=O)(Nc1cccc(C2=NCCc3cc(Cl)ccc32)c1)c1cc(Br)c(Cl)s1. The van der Waals surface area contributed by atoms with Crippen molar-refractivity contribution in [1.29, 1.82) is 0 Å². The smallest absolute Gasteiger partial charge is 0.271 e. The summed E-state index contributed by atoms with van der Waals surface area (Å²) in [6, 6.07) is 14.4. The van der Waals surface area contributed by atoms with Crippen molar-refractivity contribution >= 4 is 71.9 Å². The van der Waals surface area contributed by atoms with Gasteiger partial charge in [0.05, 0.1) is 5.71 Å². The Bertz CT molecular complexity index is 1190. The van der Waals surface area contributed by atoms with Gasteiger partial charge in [-0.3, -0.25) is 9.71 Å². The van der Waals surface area contributed by atoms with Crippen molar-refractivity contribution < 1.29 is 8.42 Å². The van der Waals surface area contributed by atoms with Gasteiger partial charge in [-0.05, 0) is 58.2 Å². The van der Waals surface area contributed by atoms with Crippen molar-refractivity contribution in [2.24, 2.45) is 4.99 Å². The summed E-state index contributed by atoms with van der Waals surface area (Å²) in [5, 5.41) is 0.697. The monoisotopic (exact) mass is 514 g/mol. The molecule has 1 N–H and O–H groups in total. The molecule has 0 radical (unpaired) electrons. The van der Waals surface area contributed by atoms with E-state index in [1.807, 2.05) is 24.3 Å². The van der Waals surface area contributed by atoms with Gasteiger partial charge in [-0.15, -0.1) is 11.3 Å². The van der Waals surface area contributed by atoms with Crippen LogP contribution in [0.15, 0.2) is 62.2 Å². The van der Waals surface area contributed by atoms with Crippen molar-refractivity contribution in [3.05, 3.63) is 79.1 Å². The molecular weight excluding hydrogens is 503 g/mol. The molecular formula is C19H13BrCl2N2O2S2. The zero-order valence-corrected chi connectivity index (χ0v) is 19.0. The molecule has 1 aliphatic heterocycles. The van der Waals surface area contributed by atoms with Gasteiger partial charge in [0, 0.05) is 32.9 Å². The molecule has 4 nitrogen and oxygen atoms in total. The van der Waals surface area contributed by atoms with Gasteiger partial charge in [0.2, 0.25) is 0 Å². The third-order valence-electron chi connectivity index (χ3n) is 4.25. The van der Waals surface area contributed by atoms with Crippen molar-refractivity contribution in [2.75, 3.05) is 11.3 Å². The standard InChI is InChI=1S/C19H13BrCl2N2O2S2/c20-16-10-17(27-19(16)22)28(25,26)24-14-3-1-2-12(9-14)18-15-5-4-13(21)8-11(15)6-7-23-18/h1-5,8-10,24H,6-7H2. The highest BCUT2D eigenvalue weighted by Crippen LogP contribution is 2.35. The molecule has 0 bridgehead atoms. The normalized spacial score (nSPS) is 13.8. The highest BCUT2D eigenvalue weighted by molar-refractivity contribution is 9.10. The van der Waals surface area contributed by atoms with E-state index in [0.29, 0.717) is 26.1 Å². The maximum atomic E-state index is 12.7. The minimum atomic E-state index is -3.73. The number of nitrogens with zero attached hydrogens (tertiary/aromatic N) is 1. The van der Waals surface area contributed by atoms with E-state index in [-0.39, 0.29) is 4.21 Å². The quantitative estimate of drug-likeness (QED) is 0.462. The predicted octanol–water partition coefficient (Wildman–Crippen LogP) is 6.01. The third-order valence-corrected chi connectivity index (χ3v) is 8.81. The molecule has 0 fully saturated rings. The van der Waals surface area contributed by atoms with Crippen LogP contribution in [0.1, 0.15) is 16.7 Å². The van der Waals surface area contributed by atoms with Crippen molar-refractivity contribution in [3.8, 4) is 0 Å². The van der Waals surface area contributed by atoms with E-state index in [4.69, 9.17) is 23.2 Å². The van der Waals surface area contributed by atoms with Gasteiger partial charge in [-0.1, -0.05) is 41.4 Å². The second kappa shape index (κ2) is 7.80. The third kappa shape index (κ3) is 4.00. The van der Waals surface area contributed by atoms with Crippen LogP contribution in [0.5, 0.6) is 0 Å². The van der Waals surface area contributed by atoms with Gasteiger partial charge >= 0.3 is 0 Å². The Morgan fingerprint density at radius 1 is 1.11 bits per heavy atom. The van der Waals surface area contributed by atoms with Gasteiger partial charge in [0.25, 0.3) is 10.0 Å². The van der Waals surface area contributed by atoms with E-state index >= 15 is 0 Å². The number of hydrogen-bond acceptors (Lipinski definition) is 4. The topological polar surface area (TPSA) is 58.5 Å². The summed E-state index contributed by atoms with van der Waals surface area (Å²) >= 11 is 16.3. The van der Waals surface area contributed by atoms with Gasteiger partial charge in [0.15, 0.2) is 0 Å². The maximum absolute atomic E-state index is 12.7. The van der Waals surface area contributed by atoms with Gasteiger partial charge in [-0.2, -0.15) is 0 Å². The Morgan fingerprint density at radius 3 is 2.68 bits per heavy atom. The zero-order valence-electron chi connectivity index (χ0n) is 14.2. The Labute approximate surface area is 185 Å². The van der Waals surface area contributed by atoms with Crippen LogP contribution in [0, 0.1) is 0 Å². The molecule has 2 heterocycles. The molecule has 0 saturated carbocycles. The largest absolute Gasteiger partial charge is 0.284 e. The number of anilines is 1. The lowest BCUT2D eigenvalue weighted by Crippen LogP contribution is -2.15. The van der Waals surface area contributed by atoms with E-state index in [1.165, 1.54) is 6.07 Å². The fourth-order valence-electron chi connectivity index (χ4n) is 3.01. The Balaban J connectivity index is 1.67. The van der Waals surface area contributed by atoms with E-state index in [1.54, 1.807) is 18.2 Å². The first kappa shape index (κ1) is 19.9. The molecule has 1 aliphatic rings. The molecule has 9 heteroatoms. The lowest BCUT2D eigenvalue weighted by molar-refractivity contribution is 0.603. The van der Waals surface area contributed by atoms with Gasteiger partial charge < -0.3 is 0 Å². The van der Waals surface area contributed by atoms with Gasteiger partial charge in [-0.25, -0.2) is 8.42 Å². The average molecular weight is 516 g/mol. The Kier molecular flexibility index (Phi) is 5.55. The van der Waals surface area contributed by atoms with Crippen molar-refractivity contribution in [3.63, 3.8) is 0 Å². The molecule has 4 rings (SSSR count). The summed E-state index contributed by atoms with van der Waals surface area (Å²) in [5.41, 5.74) is 4.29. The number of nitrogens with one attached hydrogen (secondary N) is 1. The zero-order chi connectivity index (χ0) is 19.9. The van der Waals surface area contributed by atoms with E-state index in [2.05, 4.69) is 25.6 Å². The summed E-state index contributed by atoms with van der Waals surface area (Å²) < 4.78 is 29.0. The lowest BCUT2D eigenvalue weighted by Gasteiger charge is -2.18. The van der Waals surface area contributed by atoms with E-state index in [0.717, 1.165) is 40.2 Å². The molecule has 0 aliphatic carbocycles. The fraction of sp³-hybridized carbons (Fsp3) is 0.105. The molecule has 0 spiro atoms. The van der Waals surface area contributed by atoms with Crippen LogP contribution < -0.4 is 4.72 Å². The molecule has 0 unspecified atom stereocenters. The molecule has 2 aromatic carbocycles. The molecule has 0 amide bonds. The molecule has 144 valence electrons. The average Bonchev–Trinajstić information content (AvgIpc) is 3.00. The summed E-state index contributed by atoms with van der Waals surface area (Å²) in [5.74, 6) is 0. The minimum Gasteiger partial charge on any atom is -0.284 e. The summed E-state index contributed by atoms with van der Waals surface area (Å²) in [4.78, 5) is 4.66. The first-order valence-electron chi connectivity index (χ1n) is 8.25. The highest BCUT2D eigenvalue weighted by Gasteiger charge is 2.21. The second-order valence-electron chi connectivity index (χ2n) is 6.16. The van der Waals surface area contributed by atoms with Crippen molar-refractivity contribution in [1.82, 2.24) is 0 Å². The predicted molar refractivity (Wildman–Crippen MR) is 120 cm³/mol. The number of benzene rings is 2. The maximum Gasteiger partial charge on any atom is 0.271 e. The molecule has 3 aromatic rings. The van der Waals surface area contributed by atoms with Crippen LogP contribution in [-0.4, -0.2) is 20.7 Å². The van der Waals surface area contributed by atoms with Crippen LogP contribution in [-0.2, 0) is 16.4 Å². The van der Waals surface area contributed by atoms with Gasteiger partial charge in [0.1, 0.15) is 8.55 Å². The minimum absolute atomic E-state index is 0.143. The van der Waals surface area contributed by atoms with E-state index < -0.39 is 10.0 Å². The number of fused-ring (bicyclic) bond motifs is 1. The lowest BCUT2D eigenvalue weighted by atomic mass is 9.93. The molecule has 0 saturated heterocycles. The first-order chi connectivity index (χ1) is 13.3. The number of rotatable bonds is 4. The summed E-state index contributed by atoms with van der Waals surface area (Å²) in [6.45, 7) is 0.667. The van der Waals surface area contributed by atoms with Crippen molar-refractivity contribution in [2.45, 2.75) is 10.6 Å². The molecule has 28 heavy (non-hydrogen) atoms.